The second kappa shape index (κ2) is 6.29. The van der Waals surface area contributed by atoms with Gasteiger partial charge in [-0.3, -0.25) is 4.79 Å². The highest BCUT2D eigenvalue weighted by atomic mass is 32.2. The Bertz CT molecular complexity index is 986. The Kier molecular flexibility index (Phi) is 4.20. The number of nitrogen functional groups attached to an aromatic ring is 1. The zero-order valence-electron chi connectivity index (χ0n) is 14.2. The SMILES string of the molecule is CN1CC(NC(=O)c2nc(N)nc3c2CCCC3)c2sccc2S1(=O)=O. The number of sulfonamides is 1. The molecule has 2 aromatic rings. The quantitative estimate of drug-likeness (QED) is 0.789. The van der Waals surface area contributed by atoms with Crippen LogP contribution in [-0.4, -0.2) is 42.2 Å². The summed E-state index contributed by atoms with van der Waals surface area (Å²) in [7, 11) is -1.97. The van der Waals surface area contributed by atoms with E-state index in [2.05, 4.69) is 15.3 Å². The van der Waals surface area contributed by atoms with Gasteiger partial charge in [-0.15, -0.1) is 11.3 Å². The molecule has 3 N–H and O–H groups in total. The molecule has 0 fully saturated rings. The number of likely N-dealkylation sites (N-methyl/N-ethyl adjacent to an activating group) is 1. The van der Waals surface area contributed by atoms with Crippen LogP contribution >= 0.6 is 11.3 Å². The first kappa shape index (κ1) is 17.4. The molecule has 2 aromatic heterocycles. The number of fused-ring (bicyclic) bond motifs is 2. The molecule has 4 rings (SSSR count). The molecular formula is C16H19N5O3S2. The summed E-state index contributed by atoms with van der Waals surface area (Å²) in [5.74, 6) is -0.245. The van der Waals surface area contributed by atoms with Gasteiger partial charge in [-0.1, -0.05) is 0 Å². The molecule has 3 heterocycles. The van der Waals surface area contributed by atoms with E-state index in [1.54, 1.807) is 11.4 Å². The Morgan fingerprint density at radius 3 is 2.92 bits per heavy atom. The summed E-state index contributed by atoms with van der Waals surface area (Å²) in [4.78, 5) is 22.3. The lowest BCUT2D eigenvalue weighted by atomic mass is 9.94. The van der Waals surface area contributed by atoms with Crippen molar-refractivity contribution in [3.63, 3.8) is 0 Å². The number of nitrogens with zero attached hydrogens (tertiary/aromatic N) is 3. The number of nitrogens with one attached hydrogen (secondary N) is 1. The maximum absolute atomic E-state index is 12.9. The van der Waals surface area contributed by atoms with Crippen LogP contribution in [0.1, 0.15) is 45.5 Å². The zero-order chi connectivity index (χ0) is 18.5. The van der Waals surface area contributed by atoms with Crippen LogP contribution in [0.25, 0.3) is 0 Å². The predicted molar refractivity (Wildman–Crippen MR) is 97.4 cm³/mol. The molecule has 2 aliphatic rings. The number of carbonyl (C=O) groups excluding carboxylic acids is 1. The summed E-state index contributed by atoms with van der Waals surface area (Å²) in [6.45, 7) is 0.185. The van der Waals surface area contributed by atoms with E-state index in [0.29, 0.717) is 10.6 Å². The minimum atomic E-state index is -3.49. The number of rotatable bonds is 2. The van der Waals surface area contributed by atoms with Crippen LogP contribution in [0.4, 0.5) is 5.95 Å². The van der Waals surface area contributed by atoms with Crippen molar-refractivity contribution in [1.82, 2.24) is 19.6 Å². The molecule has 0 radical (unpaired) electrons. The molecule has 1 unspecified atom stereocenters. The fourth-order valence-corrected chi connectivity index (χ4v) is 6.22. The van der Waals surface area contributed by atoms with Gasteiger partial charge in [0, 0.05) is 29.7 Å². The molecule has 0 aromatic carbocycles. The summed E-state index contributed by atoms with van der Waals surface area (Å²) >= 11 is 1.33. The average Bonchev–Trinajstić information content (AvgIpc) is 3.10. The van der Waals surface area contributed by atoms with E-state index in [-0.39, 0.29) is 23.3 Å². The van der Waals surface area contributed by atoms with E-state index in [1.165, 1.54) is 22.7 Å². The molecule has 0 saturated carbocycles. The summed E-state index contributed by atoms with van der Waals surface area (Å²) in [5, 5.41) is 4.67. The lowest BCUT2D eigenvalue weighted by Crippen LogP contribution is -2.43. The Morgan fingerprint density at radius 1 is 1.35 bits per heavy atom. The van der Waals surface area contributed by atoms with Crippen molar-refractivity contribution in [2.75, 3.05) is 19.3 Å². The van der Waals surface area contributed by atoms with Gasteiger partial charge >= 0.3 is 0 Å². The first-order chi connectivity index (χ1) is 12.4. The number of aromatic nitrogens is 2. The number of nitrogens with two attached hydrogens (primary N) is 1. The maximum atomic E-state index is 12.9. The Hall–Kier alpha value is -2.04. The number of thiophene rings is 1. The summed E-state index contributed by atoms with van der Waals surface area (Å²) in [6, 6.07) is 1.16. The minimum absolute atomic E-state index is 0.0935. The number of amides is 1. The molecule has 26 heavy (non-hydrogen) atoms. The van der Waals surface area contributed by atoms with E-state index in [1.807, 2.05) is 0 Å². The van der Waals surface area contributed by atoms with E-state index in [9.17, 15) is 13.2 Å². The van der Waals surface area contributed by atoms with Gasteiger partial charge in [-0.2, -0.15) is 4.31 Å². The number of hydrogen-bond donors (Lipinski definition) is 2. The Labute approximate surface area is 155 Å². The fourth-order valence-electron chi connectivity index (χ4n) is 3.52. The van der Waals surface area contributed by atoms with Crippen molar-refractivity contribution in [2.45, 2.75) is 36.6 Å². The predicted octanol–water partition coefficient (Wildman–Crippen LogP) is 1.10. The molecule has 0 bridgehead atoms. The van der Waals surface area contributed by atoms with E-state index >= 15 is 0 Å². The van der Waals surface area contributed by atoms with Gasteiger partial charge in [0.2, 0.25) is 16.0 Å². The normalized spacial score (nSPS) is 21.7. The summed E-state index contributed by atoms with van der Waals surface area (Å²) < 4.78 is 26.0. The van der Waals surface area contributed by atoms with Crippen molar-refractivity contribution < 1.29 is 13.2 Å². The lowest BCUT2D eigenvalue weighted by molar-refractivity contribution is 0.0925. The van der Waals surface area contributed by atoms with E-state index in [0.717, 1.165) is 36.9 Å². The molecule has 1 aliphatic heterocycles. The van der Waals surface area contributed by atoms with Gasteiger partial charge in [0.05, 0.1) is 10.9 Å². The second-order valence-electron chi connectivity index (χ2n) is 6.52. The number of anilines is 1. The molecule has 1 aliphatic carbocycles. The van der Waals surface area contributed by atoms with Gasteiger partial charge < -0.3 is 11.1 Å². The van der Waals surface area contributed by atoms with Crippen LogP contribution in [-0.2, 0) is 22.9 Å². The zero-order valence-corrected chi connectivity index (χ0v) is 15.9. The highest BCUT2D eigenvalue weighted by Gasteiger charge is 2.37. The Morgan fingerprint density at radius 2 is 2.12 bits per heavy atom. The van der Waals surface area contributed by atoms with Gasteiger partial charge in [0.15, 0.2) is 0 Å². The molecule has 1 amide bonds. The van der Waals surface area contributed by atoms with Crippen molar-refractivity contribution >= 4 is 33.2 Å². The van der Waals surface area contributed by atoms with Crippen LogP contribution in [0, 0.1) is 0 Å². The molecular weight excluding hydrogens is 374 g/mol. The smallest absolute Gasteiger partial charge is 0.270 e. The summed E-state index contributed by atoms with van der Waals surface area (Å²) in [6.07, 6.45) is 3.55. The number of hydrogen-bond acceptors (Lipinski definition) is 7. The van der Waals surface area contributed by atoms with Crippen LogP contribution in [0.15, 0.2) is 16.3 Å². The molecule has 138 valence electrons. The third kappa shape index (κ3) is 2.78. The van der Waals surface area contributed by atoms with E-state index < -0.39 is 16.1 Å². The molecule has 8 nitrogen and oxygen atoms in total. The topological polar surface area (TPSA) is 118 Å². The van der Waals surface area contributed by atoms with Gasteiger partial charge in [0.25, 0.3) is 5.91 Å². The van der Waals surface area contributed by atoms with Gasteiger partial charge in [0.1, 0.15) is 5.69 Å². The molecule has 10 heteroatoms. The fraction of sp³-hybridized carbons (Fsp3) is 0.438. The first-order valence-electron chi connectivity index (χ1n) is 8.38. The van der Waals surface area contributed by atoms with Crippen LogP contribution in [0.2, 0.25) is 0 Å². The third-order valence-corrected chi connectivity index (χ3v) is 7.86. The van der Waals surface area contributed by atoms with Crippen molar-refractivity contribution in [3.05, 3.63) is 33.3 Å². The molecule has 0 saturated heterocycles. The first-order valence-corrected chi connectivity index (χ1v) is 10.7. The average molecular weight is 393 g/mol. The molecule has 0 spiro atoms. The van der Waals surface area contributed by atoms with Crippen LogP contribution in [0.3, 0.4) is 0 Å². The minimum Gasteiger partial charge on any atom is -0.368 e. The van der Waals surface area contributed by atoms with Crippen LogP contribution < -0.4 is 11.1 Å². The van der Waals surface area contributed by atoms with Crippen LogP contribution in [0.5, 0.6) is 0 Å². The second-order valence-corrected chi connectivity index (χ2v) is 9.48. The lowest BCUT2D eigenvalue weighted by Gasteiger charge is -2.30. The highest BCUT2D eigenvalue weighted by molar-refractivity contribution is 7.89. The van der Waals surface area contributed by atoms with Crippen molar-refractivity contribution in [3.8, 4) is 0 Å². The van der Waals surface area contributed by atoms with Gasteiger partial charge in [-0.05, 0) is 37.1 Å². The van der Waals surface area contributed by atoms with Crippen molar-refractivity contribution in [1.29, 1.82) is 0 Å². The largest absolute Gasteiger partial charge is 0.368 e. The van der Waals surface area contributed by atoms with Crippen molar-refractivity contribution in [2.24, 2.45) is 0 Å². The molecule has 1 atom stereocenters. The summed E-state index contributed by atoms with van der Waals surface area (Å²) in [5.41, 5.74) is 7.79. The number of carbonyl (C=O) groups is 1. The van der Waals surface area contributed by atoms with E-state index in [4.69, 9.17) is 5.73 Å². The maximum Gasteiger partial charge on any atom is 0.270 e. The third-order valence-electron chi connectivity index (χ3n) is 4.82. The van der Waals surface area contributed by atoms with Gasteiger partial charge in [-0.25, -0.2) is 18.4 Å². The standard InChI is InChI=1S/C16H19N5O3S2/c1-21-8-11(14-12(6-7-25-14)26(21,23)24)18-15(22)13-9-4-2-3-5-10(9)19-16(17)20-13/h6-7,11H,2-5,8H2,1H3,(H,18,22)(H2,17,19,20). The monoisotopic (exact) mass is 393 g/mol. The number of aryl methyl sites for hydroxylation is 1. The highest BCUT2D eigenvalue weighted by Crippen LogP contribution is 2.35. The Balaban J connectivity index is 1.67.